The Morgan fingerprint density at radius 2 is 2.10 bits per heavy atom. The summed E-state index contributed by atoms with van der Waals surface area (Å²) in [6.45, 7) is 0. The van der Waals surface area contributed by atoms with E-state index in [2.05, 4.69) is 0 Å². The van der Waals surface area contributed by atoms with Gasteiger partial charge in [-0.15, -0.1) is 0 Å². The lowest BCUT2D eigenvalue weighted by Gasteiger charge is -1.89. The quantitative estimate of drug-likeness (QED) is 0.558. The molecule has 2 heteroatoms. The van der Waals surface area contributed by atoms with Crippen molar-refractivity contribution in [2.24, 2.45) is 0 Å². The first-order valence-electron chi connectivity index (χ1n) is 3.09. The van der Waals surface area contributed by atoms with Crippen molar-refractivity contribution < 1.29 is 4.42 Å². The number of furan rings is 1. The van der Waals surface area contributed by atoms with E-state index in [4.69, 9.17) is 10.2 Å². The van der Waals surface area contributed by atoms with Gasteiger partial charge in [0.25, 0.3) is 0 Å². The van der Waals surface area contributed by atoms with Crippen LogP contribution in [0.25, 0.3) is 11.0 Å². The minimum atomic E-state index is 0.772. The molecule has 0 fully saturated rings. The minimum Gasteiger partial charge on any atom is -0.464 e. The molecule has 0 aliphatic rings. The van der Waals surface area contributed by atoms with Gasteiger partial charge < -0.3 is 10.2 Å². The summed E-state index contributed by atoms with van der Waals surface area (Å²) in [6, 6.07) is 7.47. The Morgan fingerprint density at radius 3 is 3.00 bits per heavy atom. The van der Waals surface area contributed by atoms with Gasteiger partial charge in [-0.05, 0) is 24.3 Å². The molecule has 1 aromatic heterocycles. The summed E-state index contributed by atoms with van der Waals surface area (Å²) in [5.41, 5.74) is 7.20. The van der Waals surface area contributed by atoms with E-state index in [-0.39, 0.29) is 0 Å². The van der Waals surface area contributed by atoms with Crippen molar-refractivity contribution in [3.63, 3.8) is 0 Å². The first-order valence-corrected chi connectivity index (χ1v) is 3.09. The molecule has 2 rings (SSSR count). The van der Waals surface area contributed by atoms with Crippen LogP contribution in [0.2, 0.25) is 0 Å². The van der Waals surface area contributed by atoms with E-state index >= 15 is 0 Å². The summed E-state index contributed by atoms with van der Waals surface area (Å²) >= 11 is 0. The predicted octanol–water partition coefficient (Wildman–Crippen LogP) is 2.01. The molecule has 0 radical (unpaired) electrons. The van der Waals surface area contributed by atoms with E-state index in [1.54, 1.807) is 6.26 Å². The van der Waals surface area contributed by atoms with Crippen LogP contribution in [0.5, 0.6) is 0 Å². The summed E-state index contributed by atoms with van der Waals surface area (Å²) in [4.78, 5) is 0. The molecule has 2 nitrogen and oxygen atoms in total. The number of hydrogen-bond donors (Lipinski definition) is 1. The Hall–Kier alpha value is -1.44. The van der Waals surface area contributed by atoms with Crippen LogP contribution >= 0.6 is 0 Å². The molecule has 0 amide bonds. The zero-order chi connectivity index (χ0) is 6.97. The first kappa shape index (κ1) is 5.35. The van der Waals surface area contributed by atoms with Gasteiger partial charge >= 0.3 is 0 Å². The number of nitrogens with two attached hydrogens (primary N) is 1. The van der Waals surface area contributed by atoms with Crippen LogP contribution in [-0.2, 0) is 0 Å². The number of anilines is 1. The monoisotopic (exact) mass is 133 g/mol. The fourth-order valence-electron chi connectivity index (χ4n) is 0.985. The summed E-state index contributed by atoms with van der Waals surface area (Å²) in [5.74, 6) is 0. The highest BCUT2D eigenvalue weighted by Crippen LogP contribution is 2.17. The zero-order valence-corrected chi connectivity index (χ0v) is 5.37. The molecular weight excluding hydrogens is 126 g/mol. The Kier molecular flexibility index (Phi) is 0.947. The molecule has 0 unspecified atom stereocenters. The second kappa shape index (κ2) is 1.77. The third-order valence-corrected chi connectivity index (χ3v) is 1.48. The van der Waals surface area contributed by atoms with Crippen LogP contribution < -0.4 is 5.73 Å². The maximum absolute atomic E-state index is 5.54. The van der Waals surface area contributed by atoms with Crippen molar-refractivity contribution >= 4 is 16.7 Å². The average Bonchev–Trinajstić information content (AvgIpc) is 2.33. The molecule has 2 N–H and O–H groups in total. The van der Waals surface area contributed by atoms with Crippen molar-refractivity contribution in [2.75, 3.05) is 5.73 Å². The SMILES string of the molecule is Nc1ccc2occc2c1. The lowest BCUT2D eigenvalue weighted by atomic mass is 10.2. The minimum absolute atomic E-state index is 0.772. The largest absolute Gasteiger partial charge is 0.464 e. The molecule has 1 aromatic carbocycles. The second-order valence-electron chi connectivity index (χ2n) is 2.22. The van der Waals surface area contributed by atoms with Crippen molar-refractivity contribution in [2.45, 2.75) is 0 Å². The van der Waals surface area contributed by atoms with Crippen LogP contribution in [0.15, 0.2) is 34.9 Å². The van der Waals surface area contributed by atoms with Crippen molar-refractivity contribution in [1.29, 1.82) is 0 Å². The normalized spacial score (nSPS) is 10.4. The third-order valence-electron chi connectivity index (χ3n) is 1.48. The van der Waals surface area contributed by atoms with Crippen LogP contribution in [0.1, 0.15) is 0 Å². The molecule has 0 bridgehead atoms. The van der Waals surface area contributed by atoms with Gasteiger partial charge in [-0.1, -0.05) is 0 Å². The van der Waals surface area contributed by atoms with E-state index in [1.165, 1.54) is 0 Å². The summed E-state index contributed by atoms with van der Waals surface area (Å²) in [6.07, 6.45) is 1.66. The van der Waals surface area contributed by atoms with Crippen LogP contribution in [0.4, 0.5) is 5.69 Å². The lowest BCUT2D eigenvalue weighted by Crippen LogP contribution is -1.80. The van der Waals surface area contributed by atoms with E-state index in [9.17, 15) is 0 Å². The molecule has 0 spiro atoms. The molecule has 1 heterocycles. The molecule has 0 saturated carbocycles. The fraction of sp³-hybridized carbons (Fsp3) is 0. The topological polar surface area (TPSA) is 39.2 Å². The van der Waals surface area contributed by atoms with Crippen LogP contribution in [-0.4, -0.2) is 0 Å². The van der Waals surface area contributed by atoms with Gasteiger partial charge in [0, 0.05) is 11.1 Å². The fourth-order valence-corrected chi connectivity index (χ4v) is 0.985. The smallest absolute Gasteiger partial charge is 0.133 e. The number of rotatable bonds is 0. The Bertz CT molecular complexity index is 351. The molecule has 2 aromatic rings. The molecule has 50 valence electrons. The highest BCUT2D eigenvalue weighted by molar-refractivity contribution is 5.80. The van der Waals surface area contributed by atoms with Gasteiger partial charge in [0.1, 0.15) is 5.58 Å². The molecule has 0 saturated heterocycles. The number of nitrogen functional groups attached to an aromatic ring is 1. The van der Waals surface area contributed by atoms with E-state index in [1.807, 2.05) is 24.3 Å². The highest BCUT2D eigenvalue weighted by atomic mass is 16.3. The van der Waals surface area contributed by atoms with Crippen LogP contribution in [0.3, 0.4) is 0 Å². The van der Waals surface area contributed by atoms with Gasteiger partial charge in [-0.25, -0.2) is 0 Å². The maximum Gasteiger partial charge on any atom is 0.133 e. The predicted molar refractivity (Wildman–Crippen MR) is 40.6 cm³/mol. The second-order valence-corrected chi connectivity index (χ2v) is 2.22. The van der Waals surface area contributed by atoms with E-state index < -0.39 is 0 Å². The standard InChI is InChI=1S/C8H7NO/c9-7-1-2-8-6(5-7)3-4-10-8/h1-5H,9H2. The highest BCUT2D eigenvalue weighted by Gasteiger charge is 1.93. The van der Waals surface area contributed by atoms with Gasteiger partial charge in [0.05, 0.1) is 6.26 Å². The number of benzene rings is 1. The molecule has 0 aliphatic carbocycles. The summed E-state index contributed by atoms with van der Waals surface area (Å²) in [7, 11) is 0. The Balaban J connectivity index is 2.86. The van der Waals surface area contributed by atoms with Gasteiger partial charge in [0.15, 0.2) is 0 Å². The lowest BCUT2D eigenvalue weighted by molar-refractivity contribution is 0.616. The number of fused-ring (bicyclic) bond motifs is 1. The van der Waals surface area contributed by atoms with Gasteiger partial charge in [-0.3, -0.25) is 0 Å². The summed E-state index contributed by atoms with van der Waals surface area (Å²) in [5, 5.41) is 1.06. The molecule has 0 atom stereocenters. The molecular formula is C8H7NO. The average molecular weight is 133 g/mol. The zero-order valence-electron chi connectivity index (χ0n) is 5.37. The summed E-state index contributed by atoms with van der Waals surface area (Å²) < 4.78 is 5.12. The van der Waals surface area contributed by atoms with Gasteiger partial charge in [0.2, 0.25) is 0 Å². The third kappa shape index (κ3) is 0.658. The van der Waals surface area contributed by atoms with Crippen molar-refractivity contribution in [1.82, 2.24) is 0 Å². The molecule has 10 heavy (non-hydrogen) atoms. The first-order chi connectivity index (χ1) is 4.86. The maximum atomic E-state index is 5.54. The van der Waals surface area contributed by atoms with E-state index in [0.29, 0.717) is 0 Å². The van der Waals surface area contributed by atoms with Crippen molar-refractivity contribution in [3.8, 4) is 0 Å². The Labute approximate surface area is 58.2 Å². The molecule has 0 aliphatic heterocycles. The van der Waals surface area contributed by atoms with E-state index in [0.717, 1.165) is 16.7 Å². The van der Waals surface area contributed by atoms with Crippen LogP contribution in [0, 0.1) is 0 Å². The number of hydrogen-bond acceptors (Lipinski definition) is 2. The van der Waals surface area contributed by atoms with Crippen molar-refractivity contribution in [3.05, 3.63) is 30.5 Å². The Morgan fingerprint density at radius 1 is 1.20 bits per heavy atom. The van der Waals surface area contributed by atoms with Gasteiger partial charge in [-0.2, -0.15) is 0 Å².